The number of pyridine rings is 1. The first kappa shape index (κ1) is 15.0. The Morgan fingerprint density at radius 1 is 1.11 bits per heavy atom. The van der Waals surface area contributed by atoms with Gasteiger partial charge in [0.2, 0.25) is 0 Å². The van der Waals surface area contributed by atoms with Crippen molar-refractivity contribution in [2.75, 3.05) is 6.61 Å². The highest BCUT2D eigenvalue weighted by Gasteiger charge is 2.44. The molecule has 0 aliphatic rings. The minimum atomic E-state index is -4.35. The summed E-state index contributed by atoms with van der Waals surface area (Å²) in [6.45, 7) is 5.85. The number of hydrogen-bond donors (Lipinski definition) is 0. The van der Waals surface area contributed by atoms with Gasteiger partial charge >= 0.3 is 6.18 Å². The number of alkyl halides is 3. The van der Waals surface area contributed by atoms with Gasteiger partial charge < -0.3 is 4.74 Å². The van der Waals surface area contributed by atoms with E-state index in [1.807, 2.05) is 20.8 Å². The zero-order valence-electron chi connectivity index (χ0n) is 11.0. The number of nitrogens with zero attached hydrogens (tertiary/aromatic N) is 1. The number of hydrogen-bond acceptors (Lipinski definition) is 2. The molecule has 0 aliphatic carbocycles. The molecule has 1 atom stereocenters. The van der Waals surface area contributed by atoms with Crippen LogP contribution >= 0.6 is 0 Å². The summed E-state index contributed by atoms with van der Waals surface area (Å²) in [6.07, 6.45) is -2.79. The van der Waals surface area contributed by atoms with Gasteiger partial charge in [-0.1, -0.05) is 26.8 Å². The van der Waals surface area contributed by atoms with Crippen LogP contribution in [0.5, 0.6) is 0 Å². The lowest BCUT2D eigenvalue weighted by molar-refractivity contribution is -0.225. The zero-order valence-corrected chi connectivity index (χ0v) is 11.0. The molecule has 0 saturated heterocycles. The molecule has 5 heteroatoms. The van der Waals surface area contributed by atoms with Gasteiger partial charge in [0.25, 0.3) is 0 Å². The van der Waals surface area contributed by atoms with E-state index in [1.165, 1.54) is 0 Å². The predicted molar refractivity (Wildman–Crippen MR) is 63.1 cm³/mol. The molecular weight excluding hydrogens is 243 g/mol. The van der Waals surface area contributed by atoms with Crippen molar-refractivity contribution in [2.45, 2.75) is 39.5 Å². The Labute approximate surface area is 105 Å². The van der Waals surface area contributed by atoms with Crippen LogP contribution in [-0.4, -0.2) is 17.8 Å². The molecule has 0 aliphatic heterocycles. The van der Waals surface area contributed by atoms with Crippen LogP contribution < -0.4 is 0 Å². The normalized spacial score (nSPS) is 16.4. The third-order valence-electron chi connectivity index (χ3n) is 3.11. The van der Waals surface area contributed by atoms with Gasteiger partial charge in [0.1, 0.15) is 12.2 Å². The highest BCUT2D eigenvalue weighted by molar-refractivity contribution is 5.15. The fourth-order valence-corrected chi connectivity index (χ4v) is 1.55. The number of rotatable bonds is 3. The lowest BCUT2D eigenvalue weighted by Gasteiger charge is -2.41. The van der Waals surface area contributed by atoms with Crippen molar-refractivity contribution in [2.24, 2.45) is 5.41 Å². The largest absolute Gasteiger partial charge is 0.411 e. The highest BCUT2D eigenvalue weighted by Crippen LogP contribution is 2.42. The molecule has 1 unspecified atom stereocenters. The number of aromatic nitrogens is 1. The van der Waals surface area contributed by atoms with Gasteiger partial charge in [-0.15, -0.1) is 0 Å². The molecule has 0 aromatic carbocycles. The van der Waals surface area contributed by atoms with Crippen molar-refractivity contribution in [3.8, 4) is 0 Å². The summed E-state index contributed by atoms with van der Waals surface area (Å²) in [5.41, 5.74) is -1.10. The fourth-order valence-electron chi connectivity index (χ4n) is 1.55. The molecule has 1 heterocycles. The van der Waals surface area contributed by atoms with Crippen molar-refractivity contribution >= 4 is 0 Å². The molecule has 1 aromatic heterocycles. The molecule has 1 rings (SSSR count). The maximum Gasteiger partial charge on any atom is 0.411 e. The van der Waals surface area contributed by atoms with E-state index in [4.69, 9.17) is 4.74 Å². The Bertz CT molecular complexity index is 383. The van der Waals surface area contributed by atoms with Gasteiger partial charge in [0.15, 0.2) is 0 Å². The molecule has 0 spiro atoms. The molecule has 2 nitrogen and oxygen atoms in total. The maximum atomic E-state index is 12.3. The smallest absolute Gasteiger partial charge is 0.359 e. The Morgan fingerprint density at radius 2 is 1.72 bits per heavy atom. The summed E-state index contributed by atoms with van der Waals surface area (Å²) in [5, 5.41) is 0. The minimum absolute atomic E-state index is 0.502. The molecule has 0 amide bonds. The van der Waals surface area contributed by atoms with E-state index in [1.54, 1.807) is 31.3 Å². The van der Waals surface area contributed by atoms with E-state index in [-0.39, 0.29) is 0 Å². The first-order chi connectivity index (χ1) is 8.06. The molecule has 0 radical (unpaired) electrons. The molecule has 102 valence electrons. The summed E-state index contributed by atoms with van der Waals surface area (Å²) in [4.78, 5) is 4.13. The summed E-state index contributed by atoms with van der Waals surface area (Å²) in [7, 11) is 0. The monoisotopic (exact) mass is 261 g/mol. The lowest BCUT2D eigenvalue weighted by Crippen LogP contribution is -2.42. The van der Waals surface area contributed by atoms with E-state index in [0.717, 1.165) is 0 Å². The zero-order chi connectivity index (χ0) is 14.0. The predicted octanol–water partition coefficient (Wildman–Crippen LogP) is 3.92. The highest BCUT2D eigenvalue weighted by atomic mass is 19.4. The second kappa shape index (κ2) is 4.88. The molecule has 0 saturated carbocycles. The topological polar surface area (TPSA) is 22.1 Å². The van der Waals surface area contributed by atoms with Crippen molar-refractivity contribution in [3.63, 3.8) is 0 Å². The third kappa shape index (κ3) is 3.45. The summed E-state index contributed by atoms with van der Waals surface area (Å²) < 4.78 is 42.2. The molecule has 1 aromatic rings. The van der Waals surface area contributed by atoms with E-state index < -0.39 is 23.8 Å². The molecular formula is C13H18F3NO. The van der Waals surface area contributed by atoms with E-state index >= 15 is 0 Å². The maximum absolute atomic E-state index is 12.3. The molecule has 0 fully saturated rings. The summed E-state index contributed by atoms with van der Waals surface area (Å²) >= 11 is 0. The van der Waals surface area contributed by atoms with Crippen molar-refractivity contribution in [1.29, 1.82) is 0 Å². The van der Waals surface area contributed by atoms with Gasteiger partial charge in [-0.3, -0.25) is 4.98 Å². The molecule has 0 bridgehead atoms. The van der Waals surface area contributed by atoms with Gasteiger partial charge in [0, 0.05) is 6.20 Å². The van der Waals surface area contributed by atoms with Crippen LogP contribution in [-0.2, 0) is 10.3 Å². The molecule has 18 heavy (non-hydrogen) atoms. The number of halogens is 3. The van der Waals surface area contributed by atoms with Crippen LogP contribution in [0.4, 0.5) is 13.2 Å². The van der Waals surface area contributed by atoms with Gasteiger partial charge in [-0.2, -0.15) is 13.2 Å². The average Bonchev–Trinajstić information content (AvgIpc) is 2.24. The Hall–Kier alpha value is -1.10. The fraction of sp³-hybridized carbons (Fsp3) is 0.615. The van der Waals surface area contributed by atoms with E-state index in [2.05, 4.69) is 4.98 Å². The van der Waals surface area contributed by atoms with Crippen molar-refractivity contribution in [3.05, 3.63) is 30.1 Å². The minimum Gasteiger partial charge on any atom is -0.359 e. The Kier molecular flexibility index (Phi) is 4.05. The number of ether oxygens (including phenoxy) is 1. The Balaban J connectivity index is 3.05. The van der Waals surface area contributed by atoms with Crippen LogP contribution in [0, 0.1) is 5.41 Å². The van der Waals surface area contributed by atoms with Crippen LogP contribution in [0.15, 0.2) is 24.4 Å². The van der Waals surface area contributed by atoms with Crippen LogP contribution in [0.2, 0.25) is 0 Å². The Morgan fingerprint density at radius 3 is 2.11 bits per heavy atom. The summed E-state index contributed by atoms with van der Waals surface area (Å²) in [6, 6.07) is 5.14. The second-order valence-electron chi connectivity index (χ2n) is 5.40. The second-order valence-corrected chi connectivity index (χ2v) is 5.40. The van der Waals surface area contributed by atoms with Crippen molar-refractivity contribution < 1.29 is 17.9 Å². The quantitative estimate of drug-likeness (QED) is 0.822. The van der Waals surface area contributed by atoms with Gasteiger partial charge in [-0.05, 0) is 24.5 Å². The lowest BCUT2D eigenvalue weighted by atomic mass is 9.75. The first-order valence-corrected chi connectivity index (χ1v) is 5.68. The third-order valence-corrected chi connectivity index (χ3v) is 3.11. The van der Waals surface area contributed by atoms with Gasteiger partial charge in [0.05, 0.1) is 5.69 Å². The standard InChI is InChI=1S/C13H18F3NO/c1-11(2,3)12(4,18-9-13(14,15)16)10-7-5-6-8-17-10/h5-8H,9H2,1-4H3. The van der Waals surface area contributed by atoms with Crippen molar-refractivity contribution in [1.82, 2.24) is 4.98 Å². The van der Waals surface area contributed by atoms with Gasteiger partial charge in [-0.25, -0.2) is 0 Å². The van der Waals surface area contributed by atoms with Crippen LogP contribution in [0.1, 0.15) is 33.4 Å². The first-order valence-electron chi connectivity index (χ1n) is 5.68. The summed E-state index contributed by atoms with van der Waals surface area (Å²) in [5.74, 6) is 0. The SMILES string of the molecule is CC(C)(C)C(C)(OCC(F)(F)F)c1ccccn1. The molecule has 0 N–H and O–H groups in total. The van der Waals surface area contributed by atoms with E-state index in [9.17, 15) is 13.2 Å². The van der Waals surface area contributed by atoms with E-state index in [0.29, 0.717) is 5.69 Å². The van der Waals surface area contributed by atoms with Crippen LogP contribution in [0.3, 0.4) is 0 Å². The van der Waals surface area contributed by atoms with Crippen LogP contribution in [0.25, 0.3) is 0 Å². The average molecular weight is 261 g/mol.